The van der Waals surface area contributed by atoms with Gasteiger partial charge in [-0.2, -0.15) is 0 Å². The van der Waals surface area contributed by atoms with E-state index in [1.807, 2.05) is 30.3 Å². The van der Waals surface area contributed by atoms with E-state index >= 15 is 0 Å². The Bertz CT molecular complexity index is 570. The van der Waals surface area contributed by atoms with Crippen LogP contribution in [0.1, 0.15) is 11.1 Å². The van der Waals surface area contributed by atoms with Gasteiger partial charge < -0.3 is 15.2 Å². The van der Waals surface area contributed by atoms with Gasteiger partial charge in [-0.05, 0) is 48.4 Å². The zero-order chi connectivity index (χ0) is 15.1. The summed E-state index contributed by atoms with van der Waals surface area (Å²) >= 11 is 0. The molecule has 0 bridgehead atoms. The maximum atomic E-state index is 13.4. The smallest absolute Gasteiger partial charge is 0.127 e. The Labute approximate surface area is 124 Å². The molecule has 0 atom stereocenters. The predicted octanol–water partition coefficient (Wildman–Crippen LogP) is 2.96. The molecule has 0 saturated carbocycles. The standard InChI is InChI=1S/C17H20FNO2/c1-20-16-4-2-13(3-5-16)7-9-21-17-11-14(6-8-19)10-15(18)12-17/h2-5,10-12H,6-9,19H2,1H3. The molecule has 3 nitrogen and oxygen atoms in total. The van der Waals surface area contributed by atoms with Crippen LogP contribution in [0.25, 0.3) is 0 Å². The van der Waals surface area contributed by atoms with E-state index in [9.17, 15) is 4.39 Å². The highest BCUT2D eigenvalue weighted by atomic mass is 19.1. The Kier molecular flexibility index (Phi) is 5.58. The van der Waals surface area contributed by atoms with Crippen molar-refractivity contribution in [2.24, 2.45) is 5.73 Å². The SMILES string of the molecule is COc1ccc(CCOc2cc(F)cc(CCN)c2)cc1. The van der Waals surface area contributed by atoms with Gasteiger partial charge in [0, 0.05) is 12.5 Å². The lowest BCUT2D eigenvalue weighted by Crippen LogP contribution is -2.05. The molecule has 2 aromatic carbocycles. The van der Waals surface area contributed by atoms with Crippen LogP contribution in [-0.4, -0.2) is 20.3 Å². The van der Waals surface area contributed by atoms with Crippen molar-refractivity contribution in [3.05, 3.63) is 59.4 Å². The quantitative estimate of drug-likeness (QED) is 0.852. The van der Waals surface area contributed by atoms with Gasteiger partial charge in [0.05, 0.1) is 13.7 Å². The predicted molar refractivity (Wildman–Crippen MR) is 81.4 cm³/mol. The summed E-state index contributed by atoms with van der Waals surface area (Å²) < 4.78 is 24.2. The average molecular weight is 289 g/mol. The summed E-state index contributed by atoms with van der Waals surface area (Å²) in [5, 5.41) is 0. The third-order valence-electron chi connectivity index (χ3n) is 3.18. The Morgan fingerprint density at radius 3 is 2.38 bits per heavy atom. The Morgan fingerprint density at radius 2 is 1.71 bits per heavy atom. The average Bonchev–Trinajstić information content (AvgIpc) is 2.48. The van der Waals surface area contributed by atoms with Gasteiger partial charge in [-0.15, -0.1) is 0 Å². The summed E-state index contributed by atoms with van der Waals surface area (Å²) in [6.07, 6.45) is 1.40. The maximum absolute atomic E-state index is 13.4. The molecule has 0 spiro atoms. The number of hydrogen-bond acceptors (Lipinski definition) is 3. The van der Waals surface area contributed by atoms with Crippen molar-refractivity contribution in [3.63, 3.8) is 0 Å². The highest BCUT2D eigenvalue weighted by molar-refractivity contribution is 5.30. The van der Waals surface area contributed by atoms with E-state index in [0.29, 0.717) is 25.3 Å². The van der Waals surface area contributed by atoms with Crippen LogP contribution in [0.5, 0.6) is 11.5 Å². The third kappa shape index (κ3) is 4.76. The van der Waals surface area contributed by atoms with Crippen molar-refractivity contribution in [2.75, 3.05) is 20.3 Å². The second kappa shape index (κ2) is 7.64. The first-order chi connectivity index (χ1) is 10.2. The first-order valence-electron chi connectivity index (χ1n) is 6.96. The molecule has 0 fully saturated rings. The number of halogens is 1. The Balaban J connectivity index is 1.90. The highest BCUT2D eigenvalue weighted by Crippen LogP contribution is 2.17. The van der Waals surface area contributed by atoms with Gasteiger partial charge in [0.25, 0.3) is 0 Å². The van der Waals surface area contributed by atoms with Gasteiger partial charge >= 0.3 is 0 Å². The van der Waals surface area contributed by atoms with E-state index in [0.717, 1.165) is 23.3 Å². The third-order valence-corrected chi connectivity index (χ3v) is 3.18. The number of benzene rings is 2. The molecule has 21 heavy (non-hydrogen) atoms. The van der Waals surface area contributed by atoms with Crippen LogP contribution in [0.15, 0.2) is 42.5 Å². The highest BCUT2D eigenvalue weighted by Gasteiger charge is 2.02. The molecule has 0 aromatic heterocycles. The van der Waals surface area contributed by atoms with Crippen LogP contribution in [-0.2, 0) is 12.8 Å². The largest absolute Gasteiger partial charge is 0.497 e. The molecule has 0 heterocycles. The molecule has 0 aliphatic heterocycles. The lowest BCUT2D eigenvalue weighted by molar-refractivity contribution is 0.320. The summed E-state index contributed by atoms with van der Waals surface area (Å²) in [6, 6.07) is 12.5. The molecular formula is C17H20FNO2. The van der Waals surface area contributed by atoms with Crippen LogP contribution in [0.4, 0.5) is 4.39 Å². The molecule has 2 rings (SSSR count). The van der Waals surface area contributed by atoms with Gasteiger partial charge in [-0.25, -0.2) is 4.39 Å². The van der Waals surface area contributed by atoms with Crippen LogP contribution < -0.4 is 15.2 Å². The van der Waals surface area contributed by atoms with Crippen molar-refractivity contribution in [1.82, 2.24) is 0 Å². The molecule has 2 N–H and O–H groups in total. The summed E-state index contributed by atoms with van der Waals surface area (Å²) in [7, 11) is 1.64. The van der Waals surface area contributed by atoms with Gasteiger partial charge in [0.15, 0.2) is 0 Å². The molecular weight excluding hydrogens is 269 g/mol. The number of nitrogens with two attached hydrogens (primary N) is 1. The van der Waals surface area contributed by atoms with Crippen molar-refractivity contribution in [1.29, 1.82) is 0 Å². The molecule has 0 radical (unpaired) electrons. The molecule has 0 saturated heterocycles. The molecule has 112 valence electrons. The fraction of sp³-hybridized carbons (Fsp3) is 0.294. The van der Waals surface area contributed by atoms with Crippen LogP contribution in [0.2, 0.25) is 0 Å². The first-order valence-corrected chi connectivity index (χ1v) is 6.96. The topological polar surface area (TPSA) is 44.5 Å². The minimum absolute atomic E-state index is 0.291. The van der Waals surface area contributed by atoms with E-state index < -0.39 is 0 Å². The summed E-state index contributed by atoms with van der Waals surface area (Å²) in [4.78, 5) is 0. The van der Waals surface area contributed by atoms with Gasteiger partial charge in [0.1, 0.15) is 17.3 Å². The maximum Gasteiger partial charge on any atom is 0.127 e. The number of ether oxygens (including phenoxy) is 2. The Hall–Kier alpha value is -2.07. The molecule has 0 amide bonds. The second-order valence-corrected chi connectivity index (χ2v) is 4.78. The van der Waals surface area contributed by atoms with Crippen molar-refractivity contribution < 1.29 is 13.9 Å². The Morgan fingerprint density at radius 1 is 0.952 bits per heavy atom. The first kappa shape index (κ1) is 15.3. The van der Waals surface area contributed by atoms with Gasteiger partial charge in [-0.1, -0.05) is 12.1 Å². The molecule has 4 heteroatoms. The normalized spacial score (nSPS) is 10.4. The minimum atomic E-state index is -0.291. The van der Waals surface area contributed by atoms with Crippen LogP contribution in [0.3, 0.4) is 0 Å². The number of methoxy groups -OCH3 is 1. The van der Waals surface area contributed by atoms with Crippen LogP contribution >= 0.6 is 0 Å². The second-order valence-electron chi connectivity index (χ2n) is 4.78. The fourth-order valence-corrected chi connectivity index (χ4v) is 2.09. The lowest BCUT2D eigenvalue weighted by atomic mass is 10.1. The zero-order valence-corrected chi connectivity index (χ0v) is 12.1. The van der Waals surface area contributed by atoms with Crippen molar-refractivity contribution in [2.45, 2.75) is 12.8 Å². The molecule has 0 aliphatic rings. The van der Waals surface area contributed by atoms with Gasteiger partial charge in [-0.3, -0.25) is 0 Å². The summed E-state index contributed by atoms with van der Waals surface area (Å²) in [5.74, 6) is 1.09. The number of rotatable bonds is 7. The summed E-state index contributed by atoms with van der Waals surface area (Å²) in [5.41, 5.74) is 7.49. The molecule has 0 aliphatic carbocycles. The monoisotopic (exact) mass is 289 g/mol. The van der Waals surface area contributed by atoms with Crippen molar-refractivity contribution >= 4 is 0 Å². The van der Waals surface area contributed by atoms with Gasteiger partial charge in [0.2, 0.25) is 0 Å². The zero-order valence-electron chi connectivity index (χ0n) is 12.1. The van der Waals surface area contributed by atoms with E-state index in [-0.39, 0.29) is 5.82 Å². The number of hydrogen-bond donors (Lipinski definition) is 1. The van der Waals surface area contributed by atoms with Crippen LogP contribution in [0, 0.1) is 5.82 Å². The lowest BCUT2D eigenvalue weighted by Gasteiger charge is -2.09. The fourth-order valence-electron chi connectivity index (χ4n) is 2.09. The molecule has 0 unspecified atom stereocenters. The summed E-state index contributed by atoms with van der Waals surface area (Å²) in [6.45, 7) is 0.993. The van der Waals surface area contributed by atoms with Crippen molar-refractivity contribution in [3.8, 4) is 11.5 Å². The molecule has 2 aromatic rings. The van der Waals surface area contributed by atoms with E-state index in [1.165, 1.54) is 12.1 Å². The minimum Gasteiger partial charge on any atom is -0.497 e. The van der Waals surface area contributed by atoms with E-state index in [1.54, 1.807) is 7.11 Å². The van der Waals surface area contributed by atoms with E-state index in [4.69, 9.17) is 15.2 Å². The van der Waals surface area contributed by atoms with E-state index in [2.05, 4.69) is 0 Å².